The summed E-state index contributed by atoms with van der Waals surface area (Å²) in [6.45, 7) is 4.14. The molecule has 1 N–H and O–H groups in total. The molecule has 0 aliphatic rings. The Morgan fingerprint density at radius 3 is 2.84 bits per heavy atom. The molecule has 0 spiro atoms. The van der Waals surface area contributed by atoms with E-state index in [-0.39, 0.29) is 0 Å². The van der Waals surface area contributed by atoms with E-state index in [0.717, 1.165) is 32.4 Å². The van der Waals surface area contributed by atoms with E-state index < -0.39 is 0 Å². The van der Waals surface area contributed by atoms with Crippen molar-refractivity contribution in [3.8, 4) is 11.5 Å². The minimum atomic E-state index is 0.435. The molecule has 0 atom stereocenters. The summed E-state index contributed by atoms with van der Waals surface area (Å²) in [5, 5.41) is 11.4. The summed E-state index contributed by atoms with van der Waals surface area (Å²) in [6, 6.07) is 1.74. The highest BCUT2D eigenvalue weighted by Crippen LogP contribution is 2.37. The first-order chi connectivity index (χ1) is 9.20. The Morgan fingerprint density at radius 2 is 2.16 bits per heavy atom. The number of nitrogens with one attached hydrogen (secondary N) is 1. The molecule has 0 aliphatic carbocycles. The number of thiophene rings is 1. The maximum Gasteiger partial charge on any atom is 0.250 e. The molecule has 0 saturated heterocycles. The number of aromatic nitrogens is 2. The van der Waals surface area contributed by atoms with E-state index in [1.807, 2.05) is 0 Å². The second-order valence-corrected chi connectivity index (χ2v) is 6.38. The molecule has 0 radical (unpaired) electrons. The maximum absolute atomic E-state index is 6.05. The maximum atomic E-state index is 6.05. The van der Waals surface area contributed by atoms with Crippen LogP contribution in [0.1, 0.15) is 25.7 Å². The lowest BCUT2D eigenvalue weighted by atomic mass is 10.3. The van der Waals surface area contributed by atoms with Crippen LogP contribution < -0.4 is 5.32 Å². The highest BCUT2D eigenvalue weighted by atomic mass is 35.5. The third-order valence-electron chi connectivity index (χ3n) is 2.52. The Balaban J connectivity index is 1.90. The van der Waals surface area contributed by atoms with Crippen molar-refractivity contribution in [1.82, 2.24) is 15.5 Å². The van der Waals surface area contributed by atoms with Crippen molar-refractivity contribution in [1.29, 1.82) is 0 Å². The highest BCUT2D eigenvalue weighted by molar-refractivity contribution is 7.20. The first-order valence-corrected chi connectivity index (χ1v) is 7.76. The average Bonchev–Trinajstić information content (AvgIpc) is 2.95. The van der Waals surface area contributed by atoms with Gasteiger partial charge in [0.15, 0.2) is 0 Å². The number of hydrogen-bond donors (Lipinski definition) is 1. The van der Waals surface area contributed by atoms with E-state index in [0.29, 0.717) is 26.0 Å². The van der Waals surface area contributed by atoms with E-state index in [1.54, 1.807) is 6.07 Å². The number of hydrogen-bond acceptors (Lipinski definition) is 5. The fourth-order valence-electron chi connectivity index (χ4n) is 1.62. The zero-order valence-corrected chi connectivity index (χ0v) is 12.9. The molecule has 0 bridgehead atoms. The van der Waals surface area contributed by atoms with Gasteiger partial charge in [0.1, 0.15) is 4.34 Å². The Bertz CT molecular complexity index is 527. The van der Waals surface area contributed by atoms with Gasteiger partial charge >= 0.3 is 0 Å². The van der Waals surface area contributed by atoms with Crippen molar-refractivity contribution in [2.45, 2.75) is 26.2 Å². The van der Waals surface area contributed by atoms with Gasteiger partial charge in [0, 0.05) is 6.42 Å². The third-order valence-corrected chi connectivity index (χ3v) is 4.01. The highest BCUT2D eigenvalue weighted by Gasteiger charge is 2.14. The molecule has 19 heavy (non-hydrogen) atoms. The van der Waals surface area contributed by atoms with Crippen LogP contribution in [0.4, 0.5) is 0 Å². The van der Waals surface area contributed by atoms with Crippen LogP contribution in [-0.2, 0) is 6.42 Å². The van der Waals surface area contributed by atoms with E-state index in [1.165, 1.54) is 11.3 Å². The second kappa shape index (κ2) is 7.24. The summed E-state index contributed by atoms with van der Waals surface area (Å²) in [4.78, 5) is 0. The van der Waals surface area contributed by atoms with Crippen molar-refractivity contribution in [3.05, 3.63) is 20.6 Å². The number of aryl methyl sites for hydroxylation is 1. The van der Waals surface area contributed by atoms with Crippen molar-refractivity contribution in [2.24, 2.45) is 0 Å². The Morgan fingerprint density at radius 1 is 1.32 bits per heavy atom. The topological polar surface area (TPSA) is 51.0 Å². The van der Waals surface area contributed by atoms with Gasteiger partial charge in [-0.15, -0.1) is 21.5 Å². The van der Waals surface area contributed by atoms with Gasteiger partial charge in [0.05, 0.1) is 9.90 Å². The fourth-order valence-corrected chi connectivity index (χ4v) is 3.06. The Hall–Kier alpha value is -0.620. The number of halogens is 2. The largest absolute Gasteiger partial charge is 0.421 e. The first kappa shape index (κ1) is 14.8. The summed E-state index contributed by atoms with van der Waals surface area (Å²) in [5.74, 6) is 1.07. The van der Waals surface area contributed by atoms with Crippen LogP contribution in [0.5, 0.6) is 0 Å². The van der Waals surface area contributed by atoms with E-state index in [2.05, 4.69) is 22.4 Å². The Labute approximate surface area is 126 Å². The van der Waals surface area contributed by atoms with Crippen LogP contribution in [0.2, 0.25) is 8.67 Å². The normalized spacial score (nSPS) is 11.1. The van der Waals surface area contributed by atoms with Gasteiger partial charge < -0.3 is 9.73 Å². The lowest BCUT2D eigenvalue weighted by Gasteiger charge is -1.99. The van der Waals surface area contributed by atoms with Crippen LogP contribution in [0.3, 0.4) is 0 Å². The van der Waals surface area contributed by atoms with Crippen LogP contribution >= 0.6 is 34.5 Å². The molecule has 2 aromatic rings. The molecule has 7 heteroatoms. The van der Waals surface area contributed by atoms with Crippen LogP contribution in [0.25, 0.3) is 11.5 Å². The molecule has 4 nitrogen and oxygen atoms in total. The predicted octanol–water partition coefficient (Wildman–Crippen LogP) is 4.04. The standard InChI is InChI=1S/C12H15Cl2N3OS/c1-2-5-15-6-3-4-10-16-17-12(18-10)8-7-9(13)19-11(8)14/h7,15H,2-6H2,1H3. The fraction of sp³-hybridized carbons (Fsp3) is 0.500. The zero-order valence-electron chi connectivity index (χ0n) is 10.6. The minimum absolute atomic E-state index is 0.435. The summed E-state index contributed by atoms with van der Waals surface area (Å²) >= 11 is 13.2. The lowest BCUT2D eigenvalue weighted by molar-refractivity contribution is 0.491. The smallest absolute Gasteiger partial charge is 0.250 e. The molecule has 104 valence electrons. The van der Waals surface area contributed by atoms with Crippen molar-refractivity contribution in [3.63, 3.8) is 0 Å². The van der Waals surface area contributed by atoms with Gasteiger partial charge in [0.25, 0.3) is 0 Å². The summed E-state index contributed by atoms with van der Waals surface area (Å²) in [6.07, 6.45) is 2.88. The van der Waals surface area contributed by atoms with Gasteiger partial charge in [0.2, 0.25) is 11.8 Å². The molecule has 0 unspecified atom stereocenters. The Kier molecular flexibility index (Phi) is 5.63. The monoisotopic (exact) mass is 319 g/mol. The summed E-state index contributed by atoms with van der Waals surface area (Å²) < 4.78 is 6.77. The van der Waals surface area contributed by atoms with Gasteiger partial charge in [-0.2, -0.15) is 0 Å². The molecule has 0 aromatic carbocycles. The van der Waals surface area contributed by atoms with Gasteiger partial charge in [-0.1, -0.05) is 30.1 Å². The predicted molar refractivity (Wildman–Crippen MR) is 79.1 cm³/mol. The van der Waals surface area contributed by atoms with Crippen LogP contribution in [0, 0.1) is 0 Å². The average molecular weight is 320 g/mol. The zero-order chi connectivity index (χ0) is 13.7. The molecule has 2 aromatic heterocycles. The number of rotatable bonds is 7. The van der Waals surface area contributed by atoms with Crippen molar-refractivity contribution >= 4 is 34.5 Å². The molecule has 0 saturated carbocycles. The summed E-state index contributed by atoms with van der Waals surface area (Å²) in [7, 11) is 0. The van der Waals surface area contributed by atoms with Gasteiger partial charge in [-0.25, -0.2) is 0 Å². The van der Waals surface area contributed by atoms with Gasteiger partial charge in [-0.05, 0) is 32.0 Å². The van der Waals surface area contributed by atoms with Crippen LogP contribution in [-0.4, -0.2) is 23.3 Å². The summed E-state index contributed by atoms with van der Waals surface area (Å²) in [5.41, 5.74) is 0.708. The molecule has 0 aliphatic heterocycles. The molecule has 0 amide bonds. The van der Waals surface area contributed by atoms with E-state index in [9.17, 15) is 0 Å². The molecule has 2 rings (SSSR count). The third kappa shape index (κ3) is 4.18. The molecule has 2 heterocycles. The van der Waals surface area contributed by atoms with Crippen molar-refractivity contribution < 1.29 is 4.42 Å². The number of nitrogens with zero attached hydrogens (tertiary/aromatic N) is 2. The molecular formula is C12H15Cl2N3OS. The van der Waals surface area contributed by atoms with Crippen molar-refractivity contribution in [2.75, 3.05) is 13.1 Å². The van der Waals surface area contributed by atoms with Crippen LogP contribution in [0.15, 0.2) is 10.5 Å². The minimum Gasteiger partial charge on any atom is -0.421 e. The van der Waals surface area contributed by atoms with E-state index in [4.69, 9.17) is 27.6 Å². The first-order valence-electron chi connectivity index (χ1n) is 6.19. The second-order valence-electron chi connectivity index (χ2n) is 4.09. The van der Waals surface area contributed by atoms with E-state index >= 15 is 0 Å². The molecular weight excluding hydrogens is 305 g/mol. The lowest BCUT2D eigenvalue weighted by Crippen LogP contribution is -2.16. The molecule has 0 fully saturated rings. The SMILES string of the molecule is CCCNCCCc1nnc(-c2cc(Cl)sc2Cl)o1. The quantitative estimate of drug-likeness (QED) is 0.782. The van der Waals surface area contributed by atoms with Gasteiger partial charge in [-0.3, -0.25) is 0 Å².